The van der Waals surface area contributed by atoms with Gasteiger partial charge < -0.3 is 20.1 Å². The summed E-state index contributed by atoms with van der Waals surface area (Å²) in [7, 11) is 1.62. The summed E-state index contributed by atoms with van der Waals surface area (Å²) in [4.78, 5) is 15.5. The Hall–Kier alpha value is -3.27. The van der Waals surface area contributed by atoms with Gasteiger partial charge in [0, 0.05) is 47.5 Å². The number of hydrogen-bond acceptors (Lipinski definition) is 6. The third-order valence-electron chi connectivity index (χ3n) is 6.58. The fourth-order valence-corrected chi connectivity index (χ4v) is 5.14. The molecule has 0 unspecified atom stereocenters. The monoisotopic (exact) mass is 491 g/mol. The quantitative estimate of drug-likeness (QED) is 0.565. The molecule has 0 amide bonds. The number of carbonyl (C=O) groups is 1. The Labute approximate surface area is 211 Å². The molecule has 0 spiro atoms. The van der Waals surface area contributed by atoms with Crippen LogP contribution < -0.4 is 10.5 Å². The van der Waals surface area contributed by atoms with Crippen LogP contribution in [0.15, 0.2) is 71.2 Å². The zero-order valence-electron chi connectivity index (χ0n) is 20.3. The van der Waals surface area contributed by atoms with Crippen molar-refractivity contribution in [2.75, 3.05) is 20.3 Å². The maximum atomic E-state index is 13.6. The Bertz CT molecular complexity index is 1240. The maximum Gasteiger partial charge on any atom is 0.162 e. The van der Waals surface area contributed by atoms with E-state index in [-0.39, 0.29) is 17.8 Å². The van der Waals surface area contributed by atoms with E-state index in [2.05, 4.69) is 19.9 Å². The van der Waals surface area contributed by atoms with Crippen LogP contribution in [0.2, 0.25) is 5.02 Å². The first-order chi connectivity index (χ1) is 16.8. The topological polar surface area (TPSA) is 88.6 Å². The average molecular weight is 492 g/mol. The lowest BCUT2D eigenvalue weighted by molar-refractivity contribution is -0.118. The van der Waals surface area contributed by atoms with Gasteiger partial charge in [0.2, 0.25) is 0 Å². The first-order valence-corrected chi connectivity index (χ1v) is 12.0. The van der Waals surface area contributed by atoms with Crippen molar-refractivity contribution in [2.24, 2.45) is 11.1 Å². The number of hydrogen-bond donors (Lipinski definition) is 1. The van der Waals surface area contributed by atoms with Crippen LogP contribution in [0.1, 0.15) is 43.7 Å². The van der Waals surface area contributed by atoms with E-state index in [4.69, 9.17) is 26.8 Å². The van der Waals surface area contributed by atoms with Crippen LogP contribution in [0.5, 0.6) is 5.75 Å². The number of halogens is 1. The molecule has 0 fully saturated rings. The Kier molecular flexibility index (Phi) is 7.20. The zero-order chi connectivity index (χ0) is 25.2. The number of Topliss-reactive ketones (excluding diaryl/α,β-unsaturated/α-hetero) is 1. The van der Waals surface area contributed by atoms with Crippen molar-refractivity contribution in [3.05, 3.63) is 87.3 Å². The average Bonchev–Trinajstić information content (AvgIpc) is 2.82. The number of ether oxygens (including phenoxy) is 2. The van der Waals surface area contributed by atoms with Crippen molar-refractivity contribution in [3.63, 3.8) is 0 Å². The second-order valence-corrected chi connectivity index (χ2v) is 10.1. The highest BCUT2D eigenvalue weighted by atomic mass is 35.5. The van der Waals surface area contributed by atoms with E-state index in [1.165, 1.54) is 0 Å². The van der Waals surface area contributed by atoms with Crippen LogP contribution in [0.25, 0.3) is 0 Å². The molecule has 2 aromatic rings. The summed E-state index contributed by atoms with van der Waals surface area (Å²) in [6.45, 7) is 5.31. The molecular formula is C28H30ClN3O3. The summed E-state index contributed by atoms with van der Waals surface area (Å²) in [6.07, 6.45) is 1.08. The van der Waals surface area contributed by atoms with E-state index in [0.717, 1.165) is 16.8 Å². The van der Waals surface area contributed by atoms with E-state index >= 15 is 0 Å². The van der Waals surface area contributed by atoms with E-state index < -0.39 is 5.92 Å². The summed E-state index contributed by atoms with van der Waals surface area (Å²) >= 11 is 6.32. The largest absolute Gasteiger partial charge is 0.489 e. The minimum Gasteiger partial charge on any atom is -0.489 e. The van der Waals surface area contributed by atoms with Crippen molar-refractivity contribution >= 4 is 17.4 Å². The molecule has 6 nitrogen and oxygen atoms in total. The molecule has 1 aliphatic heterocycles. The van der Waals surface area contributed by atoms with Gasteiger partial charge in [-0.2, -0.15) is 5.26 Å². The lowest BCUT2D eigenvalue weighted by Gasteiger charge is -2.44. The van der Waals surface area contributed by atoms with E-state index in [0.29, 0.717) is 53.7 Å². The number of para-hydroxylation sites is 1. The molecule has 0 radical (unpaired) electrons. The van der Waals surface area contributed by atoms with E-state index in [9.17, 15) is 10.1 Å². The molecule has 2 N–H and O–H groups in total. The van der Waals surface area contributed by atoms with Gasteiger partial charge >= 0.3 is 0 Å². The van der Waals surface area contributed by atoms with Crippen LogP contribution in [0.3, 0.4) is 0 Å². The molecule has 7 heteroatoms. The molecule has 0 saturated carbocycles. The third kappa shape index (κ3) is 4.93. The lowest BCUT2D eigenvalue weighted by Crippen LogP contribution is -2.43. The second-order valence-electron chi connectivity index (χ2n) is 9.71. The summed E-state index contributed by atoms with van der Waals surface area (Å²) in [5.41, 5.74) is 9.82. The standard InChI is InChI=1S/C28H30ClN3O3/c1-28(2)14-22-26(23(33)15-28)25(20(16-30)27(31)32(22)12-13-34-3)19-9-5-7-11-24(19)35-17-18-8-4-6-10-21(18)29/h4-11,25H,12-15,17,31H2,1-3H3/t25-/m1/s1. The number of benzene rings is 2. The van der Waals surface area contributed by atoms with Gasteiger partial charge in [-0.15, -0.1) is 0 Å². The highest BCUT2D eigenvalue weighted by molar-refractivity contribution is 6.31. The van der Waals surface area contributed by atoms with Gasteiger partial charge in [0.1, 0.15) is 18.2 Å². The van der Waals surface area contributed by atoms with Crippen LogP contribution in [-0.4, -0.2) is 30.9 Å². The molecular weight excluding hydrogens is 462 g/mol. The van der Waals surface area contributed by atoms with Crippen LogP contribution in [-0.2, 0) is 16.1 Å². The summed E-state index contributed by atoms with van der Waals surface area (Å²) in [5, 5.41) is 10.8. The normalized spacial score (nSPS) is 19.5. The number of ketones is 1. The first-order valence-electron chi connectivity index (χ1n) is 11.6. The van der Waals surface area contributed by atoms with Gasteiger partial charge in [0.25, 0.3) is 0 Å². The molecule has 0 aromatic heterocycles. The molecule has 0 saturated heterocycles. The summed E-state index contributed by atoms with van der Waals surface area (Å²) < 4.78 is 11.5. The van der Waals surface area contributed by atoms with E-state index in [1.807, 2.05) is 53.4 Å². The number of methoxy groups -OCH3 is 1. The minimum atomic E-state index is -0.597. The SMILES string of the molecule is COCCN1C(N)=C(C#N)[C@@H](c2ccccc2OCc2ccccc2Cl)C2=C1CC(C)(C)CC2=O. The van der Waals surface area contributed by atoms with Crippen molar-refractivity contribution in [1.82, 2.24) is 4.90 Å². The summed E-state index contributed by atoms with van der Waals surface area (Å²) in [5.74, 6) is 0.386. The zero-order valence-corrected chi connectivity index (χ0v) is 21.1. The Morgan fingerprint density at radius 3 is 2.60 bits per heavy atom. The summed E-state index contributed by atoms with van der Waals surface area (Å²) in [6, 6.07) is 17.3. The number of rotatable bonds is 7. The van der Waals surface area contributed by atoms with Crippen LogP contribution in [0.4, 0.5) is 0 Å². The first kappa shape index (κ1) is 24.8. The molecule has 4 rings (SSSR count). The third-order valence-corrected chi connectivity index (χ3v) is 6.95. The lowest BCUT2D eigenvalue weighted by atomic mass is 9.68. The Balaban J connectivity index is 1.82. The second kappa shape index (κ2) is 10.2. The van der Waals surface area contributed by atoms with Gasteiger partial charge in [-0.25, -0.2) is 0 Å². The molecule has 182 valence electrons. The number of allylic oxidation sites excluding steroid dienone is 3. The number of nitrogens with zero attached hydrogens (tertiary/aromatic N) is 2. The maximum absolute atomic E-state index is 13.6. The highest BCUT2D eigenvalue weighted by Gasteiger charge is 2.44. The van der Waals surface area contributed by atoms with Crippen LogP contribution in [0, 0.1) is 16.7 Å². The Morgan fingerprint density at radius 2 is 1.89 bits per heavy atom. The van der Waals surface area contributed by atoms with E-state index in [1.54, 1.807) is 7.11 Å². The van der Waals surface area contributed by atoms with Crippen molar-refractivity contribution in [3.8, 4) is 11.8 Å². The molecule has 0 bridgehead atoms. The van der Waals surface area contributed by atoms with Crippen molar-refractivity contribution in [1.29, 1.82) is 5.26 Å². The molecule has 1 heterocycles. The van der Waals surface area contributed by atoms with Gasteiger partial charge in [0.15, 0.2) is 5.78 Å². The van der Waals surface area contributed by atoms with Crippen molar-refractivity contribution < 1.29 is 14.3 Å². The predicted molar refractivity (Wildman–Crippen MR) is 135 cm³/mol. The molecule has 1 atom stereocenters. The van der Waals surface area contributed by atoms with Gasteiger partial charge in [-0.3, -0.25) is 4.79 Å². The fraction of sp³-hybridized carbons (Fsp3) is 0.357. The smallest absolute Gasteiger partial charge is 0.162 e. The van der Waals surface area contributed by atoms with Gasteiger partial charge in [0.05, 0.1) is 24.2 Å². The fourth-order valence-electron chi connectivity index (χ4n) is 4.95. The van der Waals surface area contributed by atoms with Gasteiger partial charge in [-0.1, -0.05) is 61.8 Å². The highest BCUT2D eigenvalue weighted by Crippen LogP contribution is 2.50. The molecule has 2 aliphatic rings. The number of carbonyl (C=O) groups excluding carboxylic acids is 1. The van der Waals surface area contributed by atoms with Gasteiger partial charge in [-0.05, 0) is 24.0 Å². The number of nitrogens with two attached hydrogens (primary N) is 1. The molecule has 1 aliphatic carbocycles. The molecule has 35 heavy (non-hydrogen) atoms. The molecule has 2 aromatic carbocycles. The number of nitriles is 1. The van der Waals surface area contributed by atoms with Crippen LogP contribution >= 0.6 is 11.6 Å². The van der Waals surface area contributed by atoms with Crippen molar-refractivity contribution in [2.45, 2.75) is 39.2 Å². The predicted octanol–water partition coefficient (Wildman–Crippen LogP) is 5.30. The Morgan fingerprint density at radius 1 is 1.17 bits per heavy atom. The minimum absolute atomic E-state index is 0.0322.